The first-order valence-electron chi connectivity index (χ1n) is 7.50. The van der Waals surface area contributed by atoms with Crippen LogP contribution in [0.3, 0.4) is 0 Å². The largest absolute Gasteiger partial charge is 0.389 e. The minimum atomic E-state index is -1.75. The Morgan fingerprint density at radius 3 is 2.00 bits per heavy atom. The van der Waals surface area contributed by atoms with Gasteiger partial charge in [-0.1, -0.05) is 38.0 Å². The lowest BCUT2D eigenvalue weighted by molar-refractivity contribution is 0.0539. The molecular formula is C18H30OSi. The standard InChI is InChI=1S/C18H30OSi/c1-6-10-12-18(5,19)13-11-17-20(14-7-2,15-8-3)16-9-4/h7-9,19H,2-4,6,10,12-16H2,1,5H3. The molecule has 0 aromatic carbocycles. The molecule has 0 rings (SSSR count). The summed E-state index contributed by atoms with van der Waals surface area (Å²) in [5.74, 6) is 3.25. The highest BCUT2D eigenvalue weighted by atomic mass is 28.3. The van der Waals surface area contributed by atoms with Gasteiger partial charge in [-0.05, 0) is 31.5 Å². The van der Waals surface area contributed by atoms with Crippen molar-refractivity contribution in [2.24, 2.45) is 0 Å². The molecule has 1 atom stereocenters. The molecule has 0 spiro atoms. The molecule has 1 N–H and O–H groups in total. The summed E-state index contributed by atoms with van der Waals surface area (Å²) >= 11 is 0. The number of aliphatic hydroxyl groups is 1. The molecule has 0 aliphatic heterocycles. The molecule has 112 valence electrons. The number of hydrogen-bond acceptors (Lipinski definition) is 1. The molecular weight excluding hydrogens is 260 g/mol. The average molecular weight is 291 g/mol. The van der Waals surface area contributed by atoms with Crippen molar-refractivity contribution in [3.8, 4) is 11.5 Å². The van der Waals surface area contributed by atoms with Crippen LogP contribution in [0, 0.1) is 11.5 Å². The van der Waals surface area contributed by atoms with Crippen LogP contribution in [0.2, 0.25) is 18.1 Å². The number of rotatable bonds is 10. The first-order valence-corrected chi connectivity index (χ1v) is 10.1. The summed E-state index contributed by atoms with van der Waals surface area (Å²) in [6.45, 7) is 15.6. The monoisotopic (exact) mass is 290 g/mol. The van der Waals surface area contributed by atoms with Crippen LogP contribution in [0.25, 0.3) is 0 Å². The lowest BCUT2D eigenvalue weighted by Crippen LogP contribution is -2.31. The van der Waals surface area contributed by atoms with Gasteiger partial charge in [0.25, 0.3) is 0 Å². The van der Waals surface area contributed by atoms with Gasteiger partial charge < -0.3 is 5.11 Å². The van der Waals surface area contributed by atoms with Crippen molar-refractivity contribution in [2.45, 2.75) is 63.3 Å². The third kappa shape index (κ3) is 7.52. The maximum atomic E-state index is 10.3. The van der Waals surface area contributed by atoms with Crippen molar-refractivity contribution < 1.29 is 5.11 Å². The van der Waals surface area contributed by atoms with Crippen LogP contribution in [0.5, 0.6) is 0 Å². The van der Waals surface area contributed by atoms with E-state index in [0.717, 1.165) is 37.4 Å². The fraction of sp³-hybridized carbons (Fsp3) is 0.556. The molecule has 1 nitrogen and oxygen atoms in total. The highest BCUT2D eigenvalue weighted by molar-refractivity contribution is 6.88. The molecule has 0 saturated heterocycles. The lowest BCUT2D eigenvalue weighted by atomic mass is 9.96. The van der Waals surface area contributed by atoms with Gasteiger partial charge >= 0.3 is 0 Å². The van der Waals surface area contributed by atoms with Crippen molar-refractivity contribution in [2.75, 3.05) is 0 Å². The maximum Gasteiger partial charge on any atom is 0.149 e. The van der Waals surface area contributed by atoms with E-state index in [-0.39, 0.29) is 0 Å². The van der Waals surface area contributed by atoms with E-state index in [1.165, 1.54) is 0 Å². The first-order chi connectivity index (χ1) is 9.45. The van der Waals surface area contributed by atoms with Crippen molar-refractivity contribution in [3.63, 3.8) is 0 Å². The summed E-state index contributed by atoms with van der Waals surface area (Å²) in [5, 5.41) is 10.3. The average Bonchev–Trinajstić information content (AvgIpc) is 2.37. The second kappa shape index (κ2) is 9.80. The van der Waals surface area contributed by atoms with Crippen LogP contribution >= 0.6 is 0 Å². The van der Waals surface area contributed by atoms with Crippen LogP contribution in [0.15, 0.2) is 38.0 Å². The summed E-state index contributed by atoms with van der Waals surface area (Å²) in [4.78, 5) is 0. The SMILES string of the molecule is C=CC[Si](C#CCC(C)(O)CCCC)(CC=C)CC=C. The quantitative estimate of drug-likeness (QED) is 0.346. The molecule has 0 saturated carbocycles. The molecule has 1 unspecified atom stereocenters. The summed E-state index contributed by atoms with van der Waals surface area (Å²) in [6.07, 6.45) is 9.40. The Labute approximate surface area is 126 Å². The van der Waals surface area contributed by atoms with E-state index in [4.69, 9.17) is 0 Å². The van der Waals surface area contributed by atoms with Gasteiger partial charge in [-0.3, -0.25) is 0 Å². The summed E-state index contributed by atoms with van der Waals surface area (Å²) in [7, 11) is -1.75. The van der Waals surface area contributed by atoms with Gasteiger partial charge in [-0.25, -0.2) is 0 Å². The minimum absolute atomic E-state index is 0.549. The zero-order chi connectivity index (χ0) is 15.5. The predicted molar refractivity (Wildman–Crippen MR) is 93.3 cm³/mol. The summed E-state index contributed by atoms with van der Waals surface area (Å²) in [5.41, 5.74) is 2.82. The van der Waals surface area contributed by atoms with E-state index < -0.39 is 13.7 Å². The Hall–Kier alpha value is -1.04. The molecule has 0 radical (unpaired) electrons. The second-order valence-electron chi connectivity index (χ2n) is 5.84. The molecule has 0 fully saturated rings. The van der Waals surface area contributed by atoms with E-state index in [0.29, 0.717) is 6.42 Å². The fourth-order valence-electron chi connectivity index (χ4n) is 2.30. The van der Waals surface area contributed by atoms with Gasteiger partial charge in [0, 0.05) is 6.42 Å². The van der Waals surface area contributed by atoms with E-state index in [2.05, 4.69) is 38.1 Å². The Kier molecular flexibility index (Phi) is 9.29. The highest BCUT2D eigenvalue weighted by Gasteiger charge is 2.27. The van der Waals surface area contributed by atoms with Crippen molar-refractivity contribution >= 4 is 8.07 Å². The molecule has 20 heavy (non-hydrogen) atoms. The molecule has 0 heterocycles. The van der Waals surface area contributed by atoms with Gasteiger partial charge in [0.05, 0.1) is 5.60 Å². The van der Waals surface area contributed by atoms with Crippen molar-refractivity contribution in [1.82, 2.24) is 0 Å². The van der Waals surface area contributed by atoms with Gasteiger partial charge in [0.15, 0.2) is 0 Å². The number of allylic oxidation sites excluding steroid dienone is 3. The second-order valence-corrected chi connectivity index (χ2v) is 9.87. The van der Waals surface area contributed by atoms with Gasteiger partial charge in [0.1, 0.15) is 8.07 Å². The number of unbranched alkanes of at least 4 members (excludes halogenated alkanes) is 1. The minimum Gasteiger partial charge on any atom is -0.389 e. The molecule has 2 heteroatoms. The molecule has 0 bridgehead atoms. The summed E-state index contributed by atoms with van der Waals surface area (Å²) in [6, 6.07) is 2.86. The van der Waals surface area contributed by atoms with E-state index in [1.54, 1.807) is 0 Å². The molecule has 0 aromatic heterocycles. The first kappa shape index (κ1) is 19.0. The van der Waals surface area contributed by atoms with Crippen LogP contribution in [-0.2, 0) is 0 Å². The fourth-order valence-corrected chi connectivity index (χ4v) is 5.23. The van der Waals surface area contributed by atoms with Crippen LogP contribution in [0.4, 0.5) is 0 Å². The third-order valence-corrected chi connectivity index (χ3v) is 7.41. The van der Waals surface area contributed by atoms with Gasteiger partial charge in [-0.2, -0.15) is 0 Å². The molecule has 0 aromatic rings. The molecule has 0 aliphatic carbocycles. The predicted octanol–water partition coefficient (Wildman–Crippen LogP) is 4.87. The van der Waals surface area contributed by atoms with E-state index in [9.17, 15) is 5.11 Å². The van der Waals surface area contributed by atoms with Crippen molar-refractivity contribution in [3.05, 3.63) is 38.0 Å². The molecule has 0 aliphatic rings. The smallest absolute Gasteiger partial charge is 0.149 e. The molecule has 0 amide bonds. The van der Waals surface area contributed by atoms with E-state index in [1.807, 2.05) is 25.2 Å². The van der Waals surface area contributed by atoms with Crippen LogP contribution in [-0.4, -0.2) is 18.8 Å². The van der Waals surface area contributed by atoms with E-state index >= 15 is 0 Å². The normalized spacial score (nSPS) is 13.8. The maximum absolute atomic E-state index is 10.3. The van der Waals surface area contributed by atoms with Crippen LogP contribution in [0.1, 0.15) is 39.5 Å². The lowest BCUT2D eigenvalue weighted by Gasteiger charge is -2.23. The van der Waals surface area contributed by atoms with Gasteiger partial charge in [0.2, 0.25) is 0 Å². The Morgan fingerprint density at radius 2 is 1.60 bits per heavy atom. The third-order valence-electron chi connectivity index (χ3n) is 3.50. The van der Waals surface area contributed by atoms with Crippen LogP contribution < -0.4 is 0 Å². The zero-order valence-electron chi connectivity index (χ0n) is 13.3. The Bertz CT molecular complexity index is 344. The van der Waals surface area contributed by atoms with Crippen molar-refractivity contribution in [1.29, 1.82) is 0 Å². The highest BCUT2D eigenvalue weighted by Crippen LogP contribution is 2.23. The topological polar surface area (TPSA) is 20.2 Å². The Balaban J connectivity index is 4.88. The van der Waals surface area contributed by atoms with Gasteiger partial charge in [-0.15, -0.1) is 31.2 Å². The summed E-state index contributed by atoms with van der Waals surface area (Å²) < 4.78 is 0. The Morgan fingerprint density at radius 1 is 1.10 bits per heavy atom. The number of hydrogen-bond donors (Lipinski definition) is 1. The zero-order valence-corrected chi connectivity index (χ0v) is 14.3.